The minimum atomic E-state index is 0.264. The molecule has 1 N–H and O–H groups in total. The van der Waals surface area contributed by atoms with Crippen LogP contribution in [0.1, 0.15) is 35.4 Å². The van der Waals surface area contributed by atoms with E-state index in [1.165, 1.54) is 32.5 Å². The van der Waals surface area contributed by atoms with Crippen molar-refractivity contribution in [2.45, 2.75) is 43.8 Å². The fourth-order valence-electron chi connectivity index (χ4n) is 4.00. The lowest BCUT2D eigenvalue weighted by molar-refractivity contribution is 0.259. The Morgan fingerprint density at radius 3 is 2.67 bits per heavy atom. The van der Waals surface area contributed by atoms with E-state index in [0.29, 0.717) is 5.76 Å². The lowest BCUT2D eigenvalue weighted by Crippen LogP contribution is -2.09. The van der Waals surface area contributed by atoms with Crippen molar-refractivity contribution in [1.29, 1.82) is 0 Å². The van der Waals surface area contributed by atoms with Crippen molar-refractivity contribution in [2.75, 3.05) is 6.61 Å². The molecule has 1 saturated carbocycles. The summed E-state index contributed by atoms with van der Waals surface area (Å²) in [5, 5.41) is 13.7. The number of aliphatic hydroxyl groups is 1. The molecule has 0 amide bonds. The predicted molar refractivity (Wildman–Crippen MR) is 140 cm³/mol. The highest BCUT2D eigenvalue weighted by Gasteiger charge is 2.15. The van der Waals surface area contributed by atoms with Gasteiger partial charge in [-0.15, -0.1) is 23.1 Å². The number of nitrogens with zero attached hydrogens (tertiary/aromatic N) is 1. The topological polar surface area (TPSA) is 42.4 Å². The van der Waals surface area contributed by atoms with Crippen molar-refractivity contribution in [3.63, 3.8) is 0 Å². The van der Waals surface area contributed by atoms with E-state index in [4.69, 9.17) is 9.72 Å². The van der Waals surface area contributed by atoms with Gasteiger partial charge < -0.3 is 9.84 Å². The second-order valence-electron chi connectivity index (χ2n) is 8.46. The molecule has 3 aromatic carbocycles. The van der Waals surface area contributed by atoms with Gasteiger partial charge in [0.2, 0.25) is 0 Å². The van der Waals surface area contributed by atoms with Crippen molar-refractivity contribution in [3.8, 4) is 16.3 Å². The molecule has 4 aromatic rings. The van der Waals surface area contributed by atoms with Crippen LogP contribution in [0.4, 0.5) is 0 Å². The van der Waals surface area contributed by atoms with Crippen LogP contribution in [0, 0.1) is 13.8 Å². The van der Waals surface area contributed by atoms with Crippen LogP contribution in [-0.4, -0.2) is 16.7 Å². The number of aromatic nitrogens is 1. The smallest absolute Gasteiger partial charge is 0.145 e. The molecule has 1 heterocycles. The Bertz CT molecular complexity index is 1330. The third-order valence-electron chi connectivity index (χ3n) is 6.16. The standard InChI is InChI=1S/C28H27NO2S2/c1-18-15-22(13-14-26(18)31-16-25(30)21-9-5-10-21)32-17-27-19(2)29-28(33-27)24-12-6-8-20-7-3-4-11-23(20)24/h3-4,6-8,11-15,30H,5,9-10,16-17H2,1-2H3. The highest BCUT2D eigenvalue weighted by atomic mass is 32.2. The molecule has 1 aliphatic rings. The number of fused-ring (bicyclic) bond motifs is 1. The van der Waals surface area contributed by atoms with Crippen LogP contribution in [0.3, 0.4) is 0 Å². The monoisotopic (exact) mass is 473 g/mol. The number of benzene rings is 3. The first kappa shape index (κ1) is 22.1. The molecule has 5 rings (SSSR count). The number of thiazole rings is 1. The van der Waals surface area contributed by atoms with E-state index in [-0.39, 0.29) is 6.61 Å². The number of aliphatic hydroxyl groups excluding tert-OH is 1. The average molecular weight is 474 g/mol. The molecule has 0 spiro atoms. The first-order chi connectivity index (χ1) is 16.1. The van der Waals surface area contributed by atoms with Crippen molar-refractivity contribution in [3.05, 3.63) is 88.1 Å². The van der Waals surface area contributed by atoms with Crippen molar-refractivity contribution >= 4 is 33.9 Å². The van der Waals surface area contributed by atoms with Crippen molar-refractivity contribution < 1.29 is 9.84 Å². The number of aryl methyl sites for hydroxylation is 2. The Balaban J connectivity index is 1.27. The summed E-state index contributed by atoms with van der Waals surface area (Å²) in [5.41, 5.74) is 4.54. The average Bonchev–Trinajstić information content (AvgIpc) is 3.15. The molecule has 33 heavy (non-hydrogen) atoms. The highest BCUT2D eigenvalue weighted by molar-refractivity contribution is 7.98. The molecule has 5 heteroatoms. The summed E-state index contributed by atoms with van der Waals surface area (Å²) in [6.45, 7) is 4.43. The predicted octanol–water partition coefficient (Wildman–Crippen LogP) is 8.25. The Labute approximate surface area is 203 Å². The quantitative estimate of drug-likeness (QED) is 0.217. The van der Waals surface area contributed by atoms with E-state index < -0.39 is 0 Å². The van der Waals surface area contributed by atoms with Crippen LogP contribution < -0.4 is 4.74 Å². The second kappa shape index (κ2) is 9.62. The van der Waals surface area contributed by atoms with Crippen LogP contribution in [-0.2, 0) is 5.75 Å². The number of thioether (sulfide) groups is 1. The van der Waals surface area contributed by atoms with E-state index in [9.17, 15) is 5.11 Å². The molecular formula is C28H27NO2S2. The minimum absolute atomic E-state index is 0.264. The molecular weight excluding hydrogens is 446 g/mol. The maximum atomic E-state index is 10.1. The fraction of sp³-hybridized carbons (Fsp3) is 0.250. The van der Waals surface area contributed by atoms with Crippen molar-refractivity contribution in [2.24, 2.45) is 0 Å². The van der Waals surface area contributed by atoms with E-state index in [1.807, 2.05) is 17.8 Å². The molecule has 1 fully saturated rings. The third-order valence-corrected chi connectivity index (χ3v) is 8.55. The summed E-state index contributed by atoms with van der Waals surface area (Å²) in [5.74, 6) is 2.13. The molecule has 168 valence electrons. The number of ether oxygens (including phenoxy) is 1. The van der Waals surface area contributed by atoms with Gasteiger partial charge in [0.15, 0.2) is 0 Å². The van der Waals surface area contributed by atoms with Crippen LogP contribution >= 0.6 is 23.1 Å². The summed E-state index contributed by atoms with van der Waals surface area (Å²) in [7, 11) is 0. The summed E-state index contributed by atoms with van der Waals surface area (Å²) < 4.78 is 5.85. The molecule has 3 nitrogen and oxygen atoms in total. The number of rotatable bonds is 7. The van der Waals surface area contributed by atoms with E-state index in [0.717, 1.165) is 46.2 Å². The Morgan fingerprint density at radius 1 is 1.06 bits per heavy atom. The SMILES string of the molecule is Cc1cc(SCc2sc(-c3cccc4ccccc34)nc2C)ccc1OCC(O)=C1CCC1. The molecule has 0 saturated heterocycles. The normalized spacial score (nSPS) is 13.2. The molecule has 0 atom stereocenters. The number of hydrogen-bond donors (Lipinski definition) is 1. The maximum Gasteiger partial charge on any atom is 0.145 e. The van der Waals surface area contributed by atoms with Gasteiger partial charge >= 0.3 is 0 Å². The number of hydrogen-bond acceptors (Lipinski definition) is 5. The first-order valence-electron chi connectivity index (χ1n) is 11.3. The van der Waals surface area contributed by atoms with Crippen LogP contribution in [0.2, 0.25) is 0 Å². The zero-order chi connectivity index (χ0) is 22.8. The van der Waals surface area contributed by atoms with Gasteiger partial charge in [0, 0.05) is 21.1 Å². The second-order valence-corrected chi connectivity index (χ2v) is 10.6. The Kier molecular flexibility index (Phi) is 6.43. The lowest BCUT2D eigenvalue weighted by Gasteiger charge is -2.19. The van der Waals surface area contributed by atoms with E-state index >= 15 is 0 Å². The number of allylic oxidation sites excluding steroid dienone is 1. The minimum Gasteiger partial charge on any atom is -0.509 e. The van der Waals surface area contributed by atoms with Crippen LogP contribution in [0.5, 0.6) is 5.75 Å². The third kappa shape index (κ3) is 4.80. The van der Waals surface area contributed by atoms with Gasteiger partial charge in [-0.3, -0.25) is 0 Å². The molecule has 0 unspecified atom stereocenters. The van der Waals surface area contributed by atoms with Gasteiger partial charge in [0.1, 0.15) is 23.1 Å². The van der Waals surface area contributed by atoms with Crippen molar-refractivity contribution in [1.82, 2.24) is 4.98 Å². The lowest BCUT2D eigenvalue weighted by atomic mass is 9.91. The van der Waals surface area contributed by atoms with E-state index in [1.54, 1.807) is 11.3 Å². The molecule has 1 aliphatic carbocycles. The zero-order valence-electron chi connectivity index (χ0n) is 18.9. The van der Waals surface area contributed by atoms with Gasteiger partial charge in [0.25, 0.3) is 0 Å². The Hall–Kier alpha value is -2.76. The summed E-state index contributed by atoms with van der Waals surface area (Å²) in [6.07, 6.45) is 3.18. The largest absolute Gasteiger partial charge is 0.509 e. The highest BCUT2D eigenvalue weighted by Crippen LogP contribution is 2.36. The van der Waals surface area contributed by atoms with Gasteiger partial charge in [-0.25, -0.2) is 4.98 Å². The van der Waals surface area contributed by atoms with E-state index in [2.05, 4.69) is 68.4 Å². The summed E-state index contributed by atoms with van der Waals surface area (Å²) >= 11 is 3.61. The van der Waals surface area contributed by atoms with Gasteiger partial charge in [-0.1, -0.05) is 42.5 Å². The first-order valence-corrected chi connectivity index (χ1v) is 13.1. The molecule has 1 aromatic heterocycles. The molecule has 0 bridgehead atoms. The van der Waals surface area contributed by atoms with Gasteiger partial charge in [-0.2, -0.15) is 0 Å². The van der Waals surface area contributed by atoms with Gasteiger partial charge in [0.05, 0.1) is 5.69 Å². The van der Waals surface area contributed by atoms with Crippen LogP contribution in [0.15, 0.2) is 76.9 Å². The van der Waals surface area contributed by atoms with Gasteiger partial charge in [-0.05, 0) is 73.2 Å². The van der Waals surface area contributed by atoms with Crippen LogP contribution in [0.25, 0.3) is 21.3 Å². The maximum absolute atomic E-state index is 10.1. The zero-order valence-corrected chi connectivity index (χ0v) is 20.6. The Morgan fingerprint density at radius 2 is 1.88 bits per heavy atom. The molecule has 0 aliphatic heterocycles. The molecule has 0 radical (unpaired) electrons. The summed E-state index contributed by atoms with van der Waals surface area (Å²) in [6, 6.07) is 21.2. The fourth-order valence-corrected chi connectivity index (χ4v) is 6.24. The summed E-state index contributed by atoms with van der Waals surface area (Å²) in [4.78, 5) is 7.41.